The Hall–Kier alpha value is -1.05. The molecule has 0 amide bonds. The highest BCUT2D eigenvalue weighted by atomic mass is 16.4. The molecule has 1 aliphatic rings. The van der Waals surface area contributed by atoms with Crippen molar-refractivity contribution >= 4 is 5.97 Å². The first-order valence-electron chi connectivity index (χ1n) is 6.82. The van der Waals surface area contributed by atoms with Gasteiger partial charge in [0, 0.05) is 12.8 Å². The van der Waals surface area contributed by atoms with Gasteiger partial charge >= 0.3 is 5.97 Å². The summed E-state index contributed by atoms with van der Waals surface area (Å²) in [6, 6.07) is -0.716. The summed E-state index contributed by atoms with van der Waals surface area (Å²) in [5.41, 5.74) is 10.4. The van der Waals surface area contributed by atoms with Crippen molar-refractivity contribution in [1.29, 1.82) is 0 Å². The Morgan fingerprint density at radius 1 is 1.11 bits per heavy atom. The SMILES string of the molecule is C1#CCCCCCC1.NCCCC[C@H](N)C(=O)O. The smallest absolute Gasteiger partial charge is 0.320 e. The second-order valence-electron chi connectivity index (χ2n) is 4.50. The van der Waals surface area contributed by atoms with Crippen LogP contribution in [0.2, 0.25) is 0 Å². The third kappa shape index (κ3) is 11.4. The summed E-state index contributed by atoms with van der Waals surface area (Å²) >= 11 is 0. The molecule has 0 aromatic rings. The number of rotatable bonds is 5. The molecule has 0 saturated carbocycles. The fraction of sp³-hybridized carbons (Fsp3) is 0.786. The molecule has 0 aromatic carbocycles. The minimum Gasteiger partial charge on any atom is -0.480 e. The van der Waals surface area contributed by atoms with Gasteiger partial charge in [-0.1, -0.05) is 19.3 Å². The van der Waals surface area contributed by atoms with Crippen LogP contribution in [-0.2, 0) is 4.79 Å². The van der Waals surface area contributed by atoms with Crippen molar-refractivity contribution in [2.24, 2.45) is 11.5 Å². The lowest BCUT2D eigenvalue weighted by molar-refractivity contribution is -0.138. The molecule has 1 aliphatic carbocycles. The molecule has 0 aliphatic heterocycles. The molecule has 0 bridgehead atoms. The second-order valence-corrected chi connectivity index (χ2v) is 4.50. The van der Waals surface area contributed by atoms with Crippen LogP contribution in [0.1, 0.15) is 57.8 Å². The van der Waals surface area contributed by atoms with Crippen molar-refractivity contribution in [3.63, 3.8) is 0 Å². The van der Waals surface area contributed by atoms with Crippen LogP contribution in [-0.4, -0.2) is 23.7 Å². The van der Waals surface area contributed by atoms with E-state index < -0.39 is 12.0 Å². The molecule has 18 heavy (non-hydrogen) atoms. The Bertz CT molecular complexity index is 257. The van der Waals surface area contributed by atoms with E-state index in [1.54, 1.807) is 0 Å². The van der Waals surface area contributed by atoms with Gasteiger partial charge in [-0.3, -0.25) is 4.79 Å². The van der Waals surface area contributed by atoms with Crippen LogP contribution in [0, 0.1) is 11.8 Å². The maximum absolute atomic E-state index is 10.1. The molecule has 1 atom stereocenters. The highest BCUT2D eigenvalue weighted by molar-refractivity contribution is 5.72. The quantitative estimate of drug-likeness (QED) is 0.516. The van der Waals surface area contributed by atoms with E-state index in [1.807, 2.05) is 0 Å². The van der Waals surface area contributed by atoms with Gasteiger partial charge in [0.2, 0.25) is 0 Å². The summed E-state index contributed by atoms with van der Waals surface area (Å²) in [5, 5.41) is 8.33. The molecule has 0 unspecified atom stereocenters. The third-order valence-corrected chi connectivity index (χ3v) is 2.77. The van der Waals surface area contributed by atoms with Crippen LogP contribution in [0.15, 0.2) is 0 Å². The van der Waals surface area contributed by atoms with E-state index in [0.29, 0.717) is 13.0 Å². The molecular weight excluding hydrogens is 228 g/mol. The van der Waals surface area contributed by atoms with Crippen LogP contribution in [0.5, 0.6) is 0 Å². The van der Waals surface area contributed by atoms with Gasteiger partial charge in [-0.05, 0) is 32.2 Å². The zero-order valence-corrected chi connectivity index (χ0v) is 11.2. The van der Waals surface area contributed by atoms with Gasteiger partial charge in [0.1, 0.15) is 6.04 Å². The first-order chi connectivity index (χ1) is 8.68. The fourth-order valence-corrected chi connectivity index (χ4v) is 1.59. The van der Waals surface area contributed by atoms with Crippen molar-refractivity contribution in [3.05, 3.63) is 0 Å². The van der Waals surface area contributed by atoms with Gasteiger partial charge in [0.05, 0.1) is 0 Å². The molecule has 0 heterocycles. The number of nitrogens with two attached hydrogens (primary N) is 2. The number of hydrogen-bond donors (Lipinski definition) is 3. The van der Waals surface area contributed by atoms with Crippen LogP contribution < -0.4 is 11.5 Å². The monoisotopic (exact) mass is 254 g/mol. The van der Waals surface area contributed by atoms with E-state index in [9.17, 15) is 4.79 Å². The lowest BCUT2D eigenvalue weighted by Gasteiger charge is -2.03. The zero-order valence-electron chi connectivity index (χ0n) is 11.2. The second kappa shape index (κ2) is 12.4. The minimum atomic E-state index is -0.933. The maximum Gasteiger partial charge on any atom is 0.320 e. The molecule has 5 N–H and O–H groups in total. The highest BCUT2D eigenvalue weighted by Gasteiger charge is 2.09. The number of carbonyl (C=O) groups is 1. The van der Waals surface area contributed by atoms with E-state index in [2.05, 4.69) is 11.8 Å². The molecule has 0 radical (unpaired) electrons. The summed E-state index contributed by atoms with van der Waals surface area (Å²) < 4.78 is 0. The normalized spacial score (nSPS) is 16.1. The van der Waals surface area contributed by atoms with Gasteiger partial charge in [0.15, 0.2) is 0 Å². The van der Waals surface area contributed by atoms with Crippen LogP contribution in [0.3, 0.4) is 0 Å². The van der Waals surface area contributed by atoms with Crippen molar-refractivity contribution < 1.29 is 9.90 Å². The van der Waals surface area contributed by atoms with Gasteiger partial charge in [-0.15, -0.1) is 11.8 Å². The van der Waals surface area contributed by atoms with E-state index in [1.165, 1.54) is 25.7 Å². The molecule has 1 rings (SSSR count). The Balaban J connectivity index is 0.000000327. The van der Waals surface area contributed by atoms with Gasteiger partial charge in [-0.2, -0.15) is 0 Å². The first-order valence-corrected chi connectivity index (χ1v) is 6.82. The zero-order chi connectivity index (χ0) is 13.6. The summed E-state index contributed by atoms with van der Waals surface area (Å²) in [6.07, 6.45) is 9.89. The average molecular weight is 254 g/mol. The molecule has 4 nitrogen and oxygen atoms in total. The fourth-order valence-electron chi connectivity index (χ4n) is 1.59. The number of aliphatic carboxylic acids is 1. The Kier molecular flexibility index (Phi) is 11.7. The van der Waals surface area contributed by atoms with E-state index in [0.717, 1.165) is 25.7 Å². The van der Waals surface area contributed by atoms with Crippen molar-refractivity contribution in [3.8, 4) is 11.8 Å². The molecule has 0 spiro atoms. The summed E-state index contributed by atoms with van der Waals surface area (Å²) in [5.74, 6) is 5.34. The van der Waals surface area contributed by atoms with Gasteiger partial charge in [-0.25, -0.2) is 0 Å². The topological polar surface area (TPSA) is 89.3 Å². The lowest BCUT2D eigenvalue weighted by atomic mass is 10.1. The van der Waals surface area contributed by atoms with Crippen molar-refractivity contribution in [2.75, 3.05) is 6.54 Å². The average Bonchev–Trinajstić information content (AvgIpc) is 2.29. The predicted molar refractivity (Wildman–Crippen MR) is 74.0 cm³/mol. The first kappa shape index (κ1) is 16.9. The number of carboxylic acids is 1. The van der Waals surface area contributed by atoms with Crippen molar-refractivity contribution in [1.82, 2.24) is 0 Å². The van der Waals surface area contributed by atoms with E-state index >= 15 is 0 Å². The summed E-state index contributed by atoms with van der Waals surface area (Å²) in [4.78, 5) is 10.1. The molecule has 0 fully saturated rings. The van der Waals surface area contributed by atoms with Crippen LogP contribution >= 0.6 is 0 Å². The van der Waals surface area contributed by atoms with E-state index in [-0.39, 0.29) is 0 Å². The van der Waals surface area contributed by atoms with Crippen LogP contribution in [0.4, 0.5) is 0 Å². The summed E-state index contributed by atoms with van der Waals surface area (Å²) in [7, 11) is 0. The third-order valence-electron chi connectivity index (χ3n) is 2.77. The molecule has 4 heteroatoms. The standard InChI is InChI=1S/C8H12.C6H14N2O2/c1-2-4-6-8-7-5-3-1;7-4-2-1-3-5(8)6(9)10/h1-6H2;5H,1-4,7-8H2,(H,9,10)/t;5-/m.0/s1. The molecular formula is C14H26N2O2. The van der Waals surface area contributed by atoms with E-state index in [4.69, 9.17) is 16.6 Å². The Morgan fingerprint density at radius 3 is 2.11 bits per heavy atom. The number of carboxylic acid groups (broad SMARTS) is 1. The number of hydrogen-bond acceptors (Lipinski definition) is 3. The van der Waals surface area contributed by atoms with Crippen LogP contribution in [0.25, 0.3) is 0 Å². The maximum atomic E-state index is 10.1. The minimum absolute atomic E-state index is 0.520. The van der Waals surface area contributed by atoms with Crippen molar-refractivity contribution in [2.45, 2.75) is 63.8 Å². The van der Waals surface area contributed by atoms with Gasteiger partial charge < -0.3 is 16.6 Å². The Morgan fingerprint density at radius 2 is 1.67 bits per heavy atom. The lowest BCUT2D eigenvalue weighted by Crippen LogP contribution is -2.29. The predicted octanol–water partition coefficient (Wildman–Crippen LogP) is 1.87. The molecule has 0 saturated heterocycles. The highest BCUT2D eigenvalue weighted by Crippen LogP contribution is 2.06. The van der Waals surface area contributed by atoms with Gasteiger partial charge in [0.25, 0.3) is 0 Å². The Labute approximate surface area is 110 Å². The molecule has 0 aromatic heterocycles. The largest absolute Gasteiger partial charge is 0.480 e. The number of unbranched alkanes of at least 4 members (excludes halogenated alkanes) is 1. The molecule has 104 valence electrons. The summed E-state index contributed by atoms with van der Waals surface area (Å²) in [6.45, 7) is 0.604.